The molecular formula is C18H23N5O2. The molecule has 2 saturated carbocycles. The molecule has 3 heterocycles. The van der Waals surface area contributed by atoms with Gasteiger partial charge in [-0.15, -0.1) is 0 Å². The maximum atomic E-state index is 11.6. The van der Waals surface area contributed by atoms with Crippen LogP contribution in [0.3, 0.4) is 0 Å². The molecule has 0 atom stereocenters. The third kappa shape index (κ3) is 4.23. The van der Waals surface area contributed by atoms with E-state index in [1.165, 1.54) is 18.0 Å². The summed E-state index contributed by atoms with van der Waals surface area (Å²) in [6, 6.07) is 3.41. The van der Waals surface area contributed by atoms with Crippen molar-refractivity contribution in [3.63, 3.8) is 0 Å². The minimum Gasteiger partial charge on any atom is -0.313 e. The van der Waals surface area contributed by atoms with Gasteiger partial charge in [0.2, 0.25) is 0 Å². The summed E-state index contributed by atoms with van der Waals surface area (Å²) >= 11 is 0. The first-order valence-corrected chi connectivity index (χ1v) is 8.83. The highest BCUT2D eigenvalue weighted by atomic mass is 16.2. The normalized spacial score (nSPS) is 15.8. The number of imidazole rings is 1. The first-order chi connectivity index (χ1) is 12.2. The summed E-state index contributed by atoms with van der Waals surface area (Å²) in [5.74, 6) is 2.43. The standard InChI is InChI=1S/C10H7N5O2.C6H10.C2H6/c16-9-6(5-12-10(17)13-9)7-1-2-8-11-3-4-15(8)14-7;1-2-5(1)6-3-4-6;1-2/h1-5H,(H2,12,13,16,17);5-6H,1-4H2;1-2H3. The lowest BCUT2D eigenvalue weighted by Gasteiger charge is -1.99. The maximum Gasteiger partial charge on any atom is 0.325 e. The van der Waals surface area contributed by atoms with Crippen molar-refractivity contribution in [2.75, 3.05) is 0 Å². The number of fused-ring (bicyclic) bond motifs is 1. The van der Waals surface area contributed by atoms with Crippen LogP contribution in [0.5, 0.6) is 0 Å². The van der Waals surface area contributed by atoms with Crippen molar-refractivity contribution in [1.29, 1.82) is 0 Å². The van der Waals surface area contributed by atoms with Crippen LogP contribution in [0.4, 0.5) is 0 Å². The average molecular weight is 341 g/mol. The van der Waals surface area contributed by atoms with E-state index in [4.69, 9.17) is 0 Å². The molecular weight excluding hydrogens is 318 g/mol. The predicted molar refractivity (Wildman–Crippen MR) is 96.5 cm³/mol. The fourth-order valence-corrected chi connectivity index (χ4v) is 2.69. The highest BCUT2D eigenvalue weighted by molar-refractivity contribution is 5.57. The summed E-state index contributed by atoms with van der Waals surface area (Å²) in [5, 5.41) is 4.21. The lowest BCUT2D eigenvalue weighted by atomic mass is 10.2. The minimum atomic E-state index is -0.539. The Morgan fingerprint density at radius 3 is 2.36 bits per heavy atom. The second-order valence-electron chi connectivity index (χ2n) is 6.11. The fraction of sp³-hybridized carbons (Fsp3) is 0.444. The summed E-state index contributed by atoms with van der Waals surface area (Å²) in [5.41, 5.74) is 0.450. The summed E-state index contributed by atoms with van der Waals surface area (Å²) < 4.78 is 1.56. The zero-order valence-corrected chi connectivity index (χ0v) is 14.5. The molecule has 0 bridgehead atoms. The van der Waals surface area contributed by atoms with Crippen molar-refractivity contribution in [1.82, 2.24) is 24.6 Å². The molecule has 0 amide bonds. The number of aromatic amines is 2. The third-order valence-corrected chi connectivity index (χ3v) is 4.26. The molecule has 2 aliphatic carbocycles. The number of nitrogens with zero attached hydrogens (tertiary/aromatic N) is 3. The topological polar surface area (TPSA) is 95.9 Å². The molecule has 3 aromatic heterocycles. The largest absolute Gasteiger partial charge is 0.325 e. The Balaban J connectivity index is 0.000000188. The van der Waals surface area contributed by atoms with Crippen LogP contribution < -0.4 is 11.2 Å². The first-order valence-electron chi connectivity index (χ1n) is 8.83. The Morgan fingerprint density at radius 1 is 1.08 bits per heavy atom. The summed E-state index contributed by atoms with van der Waals surface area (Å²) in [6.45, 7) is 4.00. The fourth-order valence-electron chi connectivity index (χ4n) is 2.69. The van der Waals surface area contributed by atoms with Crippen molar-refractivity contribution in [2.45, 2.75) is 39.5 Å². The molecule has 25 heavy (non-hydrogen) atoms. The monoisotopic (exact) mass is 341 g/mol. The Kier molecular flexibility index (Phi) is 5.11. The number of hydrogen-bond acceptors (Lipinski definition) is 4. The highest BCUT2D eigenvalue weighted by Crippen LogP contribution is 2.49. The van der Waals surface area contributed by atoms with E-state index in [1.54, 1.807) is 54.7 Å². The zero-order chi connectivity index (χ0) is 17.8. The second kappa shape index (κ2) is 7.46. The van der Waals surface area contributed by atoms with Gasteiger partial charge in [0.25, 0.3) is 5.56 Å². The summed E-state index contributed by atoms with van der Waals surface area (Å²) in [6.07, 6.45) is 10.9. The van der Waals surface area contributed by atoms with Crippen LogP contribution in [0.25, 0.3) is 16.9 Å². The molecule has 0 radical (unpaired) electrons. The molecule has 0 spiro atoms. The van der Waals surface area contributed by atoms with Crippen molar-refractivity contribution in [2.24, 2.45) is 11.8 Å². The minimum absolute atomic E-state index is 0.306. The molecule has 0 unspecified atom stereocenters. The quantitative estimate of drug-likeness (QED) is 0.749. The molecule has 2 fully saturated rings. The van der Waals surface area contributed by atoms with Gasteiger partial charge in [0.05, 0.1) is 11.3 Å². The van der Waals surface area contributed by atoms with Crippen LogP contribution in [0, 0.1) is 11.8 Å². The van der Waals surface area contributed by atoms with Crippen LogP contribution in [-0.2, 0) is 0 Å². The van der Waals surface area contributed by atoms with Gasteiger partial charge in [0, 0.05) is 18.6 Å². The van der Waals surface area contributed by atoms with Crippen molar-refractivity contribution in [3.8, 4) is 11.3 Å². The van der Waals surface area contributed by atoms with Crippen LogP contribution in [0.1, 0.15) is 39.5 Å². The van der Waals surface area contributed by atoms with Crippen molar-refractivity contribution >= 4 is 5.65 Å². The average Bonchev–Trinajstić information content (AvgIpc) is 3.52. The van der Waals surface area contributed by atoms with Crippen LogP contribution in [-0.4, -0.2) is 24.6 Å². The van der Waals surface area contributed by atoms with Gasteiger partial charge >= 0.3 is 5.69 Å². The lowest BCUT2D eigenvalue weighted by Crippen LogP contribution is -2.22. The van der Waals surface area contributed by atoms with E-state index in [0.29, 0.717) is 16.9 Å². The van der Waals surface area contributed by atoms with Crippen LogP contribution >= 0.6 is 0 Å². The summed E-state index contributed by atoms with van der Waals surface area (Å²) in [4.78, 5) is 31.1. The van der Waals surface area contributed by atoms with Crippen LogP contribution in [0.2, 0.25) is 0 Å². The molecule has 2 aliphatic rings. The second-order valence-corrected chi connectivity index (χ2v) is 6.11. The summed E-state index contributed by atoms with van der Waals surface area (Å²) in [7, 11) is 0. The smallest absolute Gasteiger partial charge is 0.313 e. The van der Waals surface area contributed by atoms with Crippen molar-refractivity contribution in [3.05, 3.63) is 51.6 Å². The first kappa shape index (κ1) is 17.1. The van der Waals surface area contributed by atoms with Gasteiger partial charge in [-0.1, -0.05) is 13.8 Å². The van der Waals surface area contributed by atoms with Gasteiger partial charge in [0.15, 0.2) is 5.65 Å². The molecule has 5 rings (SSSR count). The number of nitrogens with one attached hydrogen (secondary N) is 2. The van der Waals surface area contributed by atoms with Gasteiger partial charge in [-0.3, -0.25) is 9.78 Å². The Labute approximate surface area is 145 Å². The number of aromatic nitrogens is 5. The van der Waals surface area contributed by atoms with Crippen molar-refractivity contribution < 1.29 is 0 Å². The molecule has 0 aliphatic heterocycles. The molecule has 0 aromatic carbocycles. The van der Waals surface area contributed by atoms with Gasteiger partial charge in [-0.2, -0.15) is 5.10 Å². The van der Waals surface area contributed by atoms with E-state index in [2.05, 4.69) is 20.1 Å². The van der Waals surface area contributed by atoms with E-state index >= 15 is 0 Å². The molecule has 7 nitrogen and oxygen atoms in total. The highest BCUT2D eigenvalue weighted by Gasteiger charge is 2.37. The predicted octanol–water partition coefficient (Wildman–Crippen LogP) is 2.61. The Hall–Kier alpha value is -2.70. The van der Waals surface area contributed by atoms with Gasteiger partial charge < -0.3 is 4.98 Å². The zero-order valence-electron chi connectivity index (χ0n) is 14.5. The van der Waals surface area contributed by atoms with E-state index in [0.717, 1.165) is 0 Å². The van der Waals surface area contributed by atoms with Gasteiger partial charge in [-0.25, -0.2) is 14.3 Å². The molecule has 132 valence electrons. The third-order valence-electron chi connectivity index (χ3n) is 4.26. The molecule has 0 saturated heterocycles. The molecule has 2 N–H and O–H groups in total. The molecule has 3 aromatic rings. The van der Waals surface area contributed by atoms with E-state index < -0.39 is 11.2 Å². The number of rotatable bonds is 2. The molecule has 7 heteroatoms. The van der Waals surface area contributed by atoms with E-state index in [9.17, 15) is 9.59 Å². The Morgan fingerprint density at radius 2 is 1.76 bits per heavy atom. The lowest BCUT2D eigenvalue weighted by molar-refractivity contribution is 0.716. The SMILES string of the molecule is C1CC1C1CC1.CC.O=c1[nH]cc(-c2ccc3nccn3n2)c(=O)[nH]1. The number of hydrogen-bond donors (Lipinski definition) is 2. The van der Waals surface area contributed by atoms with Gasteiger partial charge in [-0.05, 0) is 49.7 Å². The van der Waals surface area contributed by atoms with E-state index in [1.807, 2.05) is 13.8 Å². The van der Waals surface area contributed by atoms with E-state index in [-0.39, 0.29) is 0 Å². The maximum absolute atomic E-state index is 11.6. The number of H-pyrrole nitrogens is 2. The van der Waals surface area contributed by atoms with Crippen LogP contribution in [0.15, 0.2) is 40.3 Å². The van der Waals surface area contributed by atoms with Gasteiger partial charge in [0.1, 0.15) is 0 Å². The Bertz CT molecular complexity index is 937.